The van der Waals surface area contributed by atoms with Gasteiger partial charge in [0.05, 0.1) is 34.2 Å². The second kappa shape index (κ2) is 8.42. The van der Waals surface area contributed by atoms with Crippen LogP contribution >= 0.6 is 11.6 Å². The number of fused-ring (bicyclic) bond motifs is 1. The van der Waals surface area contributed by atoms with Gasteiger partial charge < -0.3 is 9.64 Å². The van der Waals surface area contributed by atoms with Gasteiger partial charge >= 0.3 is 0 Å². The van der Waals surface area contributed by atoms with Crippen LogP contribution in [-0.4, -0.2) is 43.7 Å². The maximum atomic E-state index is 13.4. The van der Waals surface area contributed by atoms with Crippen LogP contribution < -0.4 is 4.90 Å². The fourth-order valence-corrected chi connectivity index (χ4v) is 5.50. The molecule has 0 bridgehead atoms. The summed E-state index contributed by atoms with van der Waals surface area (Å²) >= 11 is 6.01. The summed E-state index contributed by atoms with van der Waals surface area (Å²) in [7, 11) is -4.09. The predicted molar refractivity (Wildman–Crippen MR) is 119 cm³/mol. The molecule has 3 aromatic rings. The summed E-state index contributed by atoms with van der Waals surface area (Å²) in [6.45, 7) is 4.92. The van der Waals surface area contributed by atoms with Crippen molar-refractivity contribution in [1.29, 1.82) is 5.26 Å². The Morgan fingerprint density at radius 1 is 1.10 bits per heavy atom. The number of rotatable bonds is 4. The lowest BCUT2D eigenvalue weighted by Gasteiger charge is -2.37. The lowest BCUT2D eigenvalue weighted by atomic mass is 10.2. The summed E-state index contributed by atoms with van der Waals surface area (Å²) in [5.74, 6) is 0.387. The van der Waals surface area contributed by atoms with Crippen molar-refractivity contribution in [3.63, 3.8) is 0 Å². The van der Waals surface area contributed by atoms with Gasteiger partial charge in [-0.15, -0.1) is 0 Å². The van der Waals surface area contributed by atoms with E-state index in [4.69, 9.17) is 21.3 Å². The molecule has 1 fully saturated rings. The van der Waals surface area contributed by atoms with Crippen molar-refractivity contribution in [2.45, 2.75) is 36.2 Å². The van der Waals surface area contributed by atoms with Crippen molar-refractivity contribution in [2.24, 2.45) is 0 Å². The molecular formula is C22H21ClN4O3S. The van der Waals surface area contributed by atoms with Crippen molar-refractivity contribution in [1.82, 2.24) is 9.97 Å². The molecule has 31 heavy (non-hydrogen) atoms. The van der Waals surface area contributed by atoms with E-state index in [9.17, 15) is 13.7 Å². The lowest BCUT2D eigenvalue weighted by Crippen LogP contribution is -2.46. The molecule has 0 N–H and O–H groups in total. The first-order chi connectivity index (χ1) is 14.8. The standard InChI is InChI=1S/C22H21ClN4O3S/c1-14-12-27(13-15(2)30-14)22-21(25-18-8-3-4-9-19(18)26-22)20(11-24)31(28,29)17-7-5-6-16(23)10-17/h3-10,14-15,20H,12-13H2,1-2H3. The SMILES string of the molecule is CC1CN(c2nc3ccccc3nc2C(C#N)S(=O)(=O)c2cccc(Cl)c2)CC(C)O1. The molecule has 9 heteroatoms. The summed E-state index contributed by atoms with van der Waals surface area (Å²) in [5.41, 5.74) is 1.27. The maximum Gasteiger partial charge on any atom is 0.200 e. The molecule has 3 atom stereocenters. The fraction of sp³-hybridized carbons (Fsp3) is 0.318. The highest BCUT2D eigenvalue weighted by Gasteiger charge is 2.36. The minimum absolute atomic E-state index is 0.0313. The molecule has 1 aliphatic rings. The largest absolute Gasteiger partial charge is 0.372 e. The van der Waals surface area contributed by atoms with Crippen LogP contribution in [0.2, 0.25) is 5.02 Å². The molecule has 1 aromatic heterocycles. The first-order valence-electron chi connectivity index (χ1n) is 9.85. The minimum atomic E-state index is -4.09. The van der Waals surface area contributed by atoms with Gasteiger partial charge in [-0.1, -0.05) is 29.8 Å². The highest BCUT2D eigenvalue weighted by Crippen LogP contribution is 2.35. The summed E-state index contributed by atoms with van der Waals surface area (Å²) in [5, 5.41) is 8.71. The number of aromatic nitrogens is 2. The van der Waals surface area contributed by atoms with Crippen molar-refractivity contribution in [2.75, 3.05) is 18.0 Å². The Bertz CT molecular complexity index is 1270. The van der Waals surface area contributed by atoms with Crippen molar-refractivity contribution in [3.8, 4) is 6.07 Å². The zero-order valence-corrected chi connectivity index (χ0v) is 18.6. The van der Waals surface area contributed by atoms with Crippen LogP contribution in [0, 0.1) is 11.3 Å². The maximum absolute atomic E-state index is 13.4. The van der Waals surface area contributed by atoms with Gasteiger partial charge in [-0.05, 0) is 44.2 Å². The van der Waals surface area contributed by atoms with Crippen molar-refractivity contribution in [3.05, 3.63) is 59.2 Å². The third-order valence-electron chi connectivity index (χ3n) is 5.10. The predicted octanol–water partition coefficient (Wildman–Crippen LogP) is 3.94. The third kappa shape index (κ3) is 4.22. The normalized spacial score (nSPS) is 20.4. The molecule has 2 aromatic carbocycles. The average molecular weight is 457 g/mol. The molecule has 0 aliphatic carbocycles. The second-order valence-electron chi connectivity index (χ2n) is 7.59. The Labute approximate surface area is 186 Å². The van der Waals surface area contributed by atoms with Gasteiger partial charge in [0.15, 0.2) is 11.1 Å². The molecule has 0 spiro atoms. The molecule has 0 radical (unpaired) electrons. The van der Waals surface area contributed by atoms with E-state index in [2.05, 4.69) is 4.98 Å². The Morgan fingerprint density at radius 2 is 1.74 bits per heavy atom. The second-order valence-corrected chi connectivity index (χ2v) is 10.1. The van der Waals surface area contributed by atoms with Crippen LogP contribution in [0.3, 0.4) is 0 Å². The molecular weight excluding hydrogens is 436 g/mol. The number of anilines is 1. The molecule has 4 rings (SSSR count). The minimum Gasteiger partial charge on any atom is -0.372 e. The highest BCUT2D eigenvalue weighted by atomic mass is 35.5. The van der Waals surface area contributed by atoms with Crippen LogP contribution in [0.25, 0.3) is 11.0 Å². The van der Waals surface area contributed by atoms with Crippen LogP contribution in [0.5, 0.6) is 0 Å². The third-order valence-corrected chi connectivity index (χ3v) is 7.19. The van der Waals surface area contributed by atoms with Crippen molar-refractivity contribution >= 4 is 38.3 Å². The summed E-state index contributed by atoms with van der Waals surface area (Å²) in [6.07, 6.45) is -0.148. The Balaban J connectivity index is 1.91. The Morgan fingerprint density at radius 3 is 2.35 bits per heavy atom. The van der Waals surface area contributed by atoms with Gasteiger partial charge in [0.2, 0.25) is 9.84 Å². The van der Waals surface area contributed by atoms with E-state index in [1.165, 1.54) is 12.1 Å². The van der Waals surface area contributed by atoms with E-state index in [0.29, 0.717) is 29.9 Å². The number of hydrogen-bond acceptors (Lipinski definition) is 7. The quantitative estimate of drug-likeness (QED) is 0.586. The number of nitrogens with zero attached hydrogens (tertiary/aromatic N) is 4. The summed E-state index contributed by atoms with van der Waals surface area (Å²) in [6, 6.07) is 15.1. The van der Waals surface area contributed by atoms with Gasteiger partial charge in [-0.25, -0.2) is 18.4 Å². The van der Waals surface area contributed by atoms with E-state index in [0.717, 1.165) is 0 Å². The zero-order chi connectivity index (χ0) is 22.2. The van der Waals surface area contributed by atoms with E-state index >= 15 is 0 Å². The zero-order valence-electron chi connectivity index (χ0n) is 17.1. The number of ether oxygens (including phenoxy) is 1. The number of para-hydroxylation sites is 2. The number of morpholine rings is 1. The monoisotopic (exact) mass is 456 g/mol. The molecule has 3 unspecified atom stereocenters. The summed E-state index contributed by atoms with van der Waals surface area (Å²) in [4.78, 5) is 11.3. The van der Waals surface area contributed by atoms with E-state index < -0.39 is 15.1 Å². The molecule has 0 amide bonds. The lowest BCUT2D eigenvalue weighted by molar-refractivity contribution is -0.00550. The van der Waals surface area contributed by atoms with E-state index in [-0.39, 0.29) is 27.8 Å². The van der Waals surface area contributed by atoms with Gasteiger partial charge in [-0.3, -0.25) is 0 Å². The van der Waals surface area contributed by atoms with Crippen LogP contribution in [0.4, 0.5) is 5.82 Å². The van der Waals surface area contributed by atoms with E-state index in [1.54, 1.807) is 24.3 Å². The molecule has 2 heterocycles. The van der Waals surface area contributed by atoms with E-state index in [1.807, 2.05) is 36.9 Å². The Kier molecular flexibility index (Phi) is 5.84. The molecule has 1 aliphatic heterocycles. The molecule has 1 saturated heterocycles. The first-order valence-corrected chi connectivity index (χ1v) is 11.8. The van der Waals surface area contributed by atoms with Crippen molar-refractivity contribution < 1.29 is 13.2 Å². The summed E-state index contributed by atoms with van der Waals surface area (Å²) < 4.78 is 32.7. The van der Waals surface area contributed by atoms with Crippen LogP contribution in [0.1, 0.15) is 24.8 Å². The number of benzene rings is 2. The topological polar surface area (TPSA) is 96.2 Å². The van der Waals surface area contributed by atoms with Gasteiger partial charge in [0, 0.05) is 18.1 Å². The highest BCUT2D eigenvalue weighted by molar-refractivity contribution is 7.92. The average Bonchev–Trinajstić information content (AvgIpc) is 2.73. The smallest absolute Gasteiger partial charge is 0.200 e. The number of halogens is 1. The Hall–Kier alpha value is -2.73. The number of hydrogen-bond donors (Lipinski definition) is 0. The number of nitriles is 1. The molecule has 0 saturated carbocycles. The van der Waals surface area contributed by atoms with Gasteiger partial charge in [-0.2, -0.15) is 5.26 Å². The van der Waals surface area contributed by atoms with Gasteiger partial charge in [0.1, 0.15) is 5.69 Å². The fourth-order valence-electron chi connectivity index (χ4n) is 3.82. The number of sulfone groups is 1. The van der Waals surface area contributed by atoms with Gasteiger partial charge in [0.25, 0.3) is 0 Å². The van der Waals surface area contributed by atoms with Crippen LogP contribution in [0.15, 0.2) is 53.4 Å². The first kappa shape index (κ1) is 21.5. The molecule has 160 valence electrons. The van der Waals surface area contributed by atoms with Crippen LogP contribution in [-0.2, 0) is 14.6 Å². The molecule has 7 nitrogen and oxygen atoms in total.